The molecule has 9 nitrogen and oxygen atoms in total. The summed E-state index contributed by atoms with van der Waals surface area (Å²) in [6.45, 7) is 9.44. The van der Waals surface area contributed by atoms with E-state index in [0.29, 0.717) is 32.5 Å². The molecule has 0 radical (unpaired) electrons. The summed E-state index contributed by atoms with van der Waals surface area (Å²) in [6.07, 6.45) is 3.31. The first-order valence-corrected chi connectivity index (χ1v) is 11.0. The maximum absolute atomic E-state index is 12.3. The Hall–Kier alpha value is -3.28. The highest BCUT2D eigenvalue weighted by atomic mass is 16.6. The Kier molecular flexibility index (Phi) is 9.32. The Morgan fingerprint density at radius 1 is 1.22 bits per heavy atom. The van der Waals surface area contributed by atoms with Crippen molar-refractivity contribution < 1.29 is 23.9 Å². The van der Waals surface area contributed by atoms with E-state index < -0.39 is 18.5 Å². The van der Waals surface area contributed by atoms with Gasteiger partial charge < -0.3 is 24.3 Å². The van der Waals surface area contributed by atoms with E-state index in [-0.39, 0.29) is 17.7 Å². The maximum Gasteiger partial charge on any atom is 0.409 e. The number of hydrogen-bond acceptors (Lipinski definition) is 6. The highest BCUT2D eigenvalue weighted by Gasteiger charge is 2.25. The van der Waals surface area contributed by atoms with Crippen molar-refractivity contribution in [3.05, 3.63) is 28.6 Å². The molecule has 9 heteroatoms. The third-order valence-corrected chi connectivity index (χ3v) is 5.42. The summed E-state index contributed by atoms with van der Waals surface area (Å²) in [5, 5.41) is 12.2. The van der Waals surface area contributed by atoms with Crippen LogP contribution < -0.4 is 5.32 Å². The molecule has 1 aliphatic heterocycles. The zero-order valence-electron chi connectivity index (χ0n) is 19.3. The van der Waals surface area contributed by atoms with Crippen LogP contribution in [0.2, 0.25) is 0 Å². The fourth-order valence-electron chi connectivity index (χ4n) is 3.73. The maximum atomic E-state index is 12.3. The van der Waals surface area contributed by atoms with Gasteiger partial charge in [0.1, 0.15) is 11.6 Å². The standard InChI is InChI=1S/C23H32N4O5/c1-5-9-27-16(3)12-18(17(27)4)13-19(14-24)22(29)32-15-21(28)25-20-7-10-26(11-8-20)23(30)31-6-2/h12-13,20H,5-11,15H2,1-4H3,(H,25,28)/b19-13+. The second kappa shape index (κ2) is 11.9. The number of nitrogens with zero attached hydrogens (tertiary/aromatic N) is 3. The molecule has 1 aromatic rings. The van der Waals surface area contributed by atoms with Crippen LogP contribution in [-0.2, 0) is 25.6 Å². The number of rotatable bonds is 8. The molecule has 1 aromatic heterocycles. The number of hydrogen-bond donors (Lipinski definition) is 1. The number of nitrogens with one attached hydrogen (secondary N) is 1. The van der Waals surface area contributed by atoms with Gasteiger partial charge in [0.2, 0.25) is 0 Å². The number of piperidine rings is 1. The topological polar surface area (TPSA) is 114 Å². The van der Waals surface area contributed by atoms with Crippen LogP contribution in [-0.4, -0.2) is 59.8 Å². The number of esters is 1. The molecule has 1 aliphatic rings. The second-order valence-electron chi connectivity index (χ2n) is 7.75. The summed E-state index contributed by atoms with van der Waals surface area (Å²) in [4.78, 5) is 37.8. The molecule has 2 rings (SSSR count). The molecule has 174 valence electrons. The molecule has 32 heavy (non-hydrogen) atoms. The third kappa shape index (κ3) is 6.61. The van der Waals surface area contributed by atoms with E-state index in [4.69, 9.17) is 9.47 Å². The molecular weight excluding hydrogens is 412 g/mol. The Labute approximate surface area is 189 Å². The van der Waals surface area contributed by atoms with Crippen molar-refractivity contribution >= 4 is 24.0 Å². The van der Waals surface area contributed by atoms with Gasteiger partial charge in [0.15, 0.2) is 6.61 Å². The summed E-state index contributed by atoms with van der Waals surface area (Å²) >= 11 is 0. The molecule has 1 fully saturated rings. The Balaban J connectivity index is 1.87. The lowest BCUT2D eigenvalue weighted by Gasteiger charge is -2.31. The lowest BCUT2D eigenvalue weighted by atomic mass is 10.1. The first-order chi connectivity index (χ1) is 15.3. The van der Waals surface area contributed by atoms with Crippen molar-refractivity contribution in [2.45, 2.75) is 59.5 Å². The number of nitriles is 1. The molecule has 0 spiro atoms. The molecule has 0 atom stereocenters. The number of likely N-dealkylation sites (tertiary alicyclic amines) is 1. The van der Waals surface area contributed by atoms with Gasteiger partial charge in [-0.3, -0.25) is 4.79 Å². The number of carbonyl (C=O) groups is 3. The lowest BCUT2D eigenvalue weighted by molar-refractivity contribution is -0.144. The van der Waals surface area contributed by atoms with Gasteiger partial charge >= 0.3 is 12.1 Å². The van der Waals surface area contributed by atoms with Crippen molar-refractivity contribution in [2.24, 2.45) is 0 Å². The van der Waals surface area contributed by atoms with Gasteiger partial charge in [0, 0.05) is 37.1 Å². The minimum absolute atomic E-state index is 0.109. The monoisotopic (exact) mass is 444 g/mol. The summed E-state index contributed by atoms with van der Waals surface area (Å²) < 4.78 is 12.2. The minimum atomic E-state index is -0.833. The van der Waals surface area contributed by atoms with Crippen molar-refractivity contribution in [1.29, 1.82) is 5.26 Å². The fourth-order valence-corrected chi connectivity index (χ4v) is 3.73. The lowest BCUT2D eigenvalue weighted by Crippen LogP contribution is -2.47. The molecule has 0 aromatic carbocycles. The third-order valence-electron chi connectivity index (χ3n) is 5.42. The summed E-state index contributed by atoms with van der Waals surface area (Å²) in [5.74, 6) is -1.27. The van der Waals surface area contributed by atoms with E-state index in [2.05, 4.69) is 16.8 Å². The predicted octanol–water partition coefficient (Wildman–Crippen LogP) is 2.70. The molecule has 0 aliphatic carbocycles. The van der Waals surface area contributed by atoms with Crippen LogP contribution in [0, 0.1) is 25.2 Å². The van der Waals surface area contributed by atoms with Gasteiger partial charge in [-0.25, -0.2) is 9.59 Å². The molecule has 0 bridgehead atoms. The van der Waals surface area contributed by atoms with Gasteiger partial charge in [-0.05, 0) is 57.7 Å². The molecule has 0 unspecified atom stereocenters. The predicted molar refractivity (Wildman–Crippen MR) is 119 cm³/mol. The second-order valence-corrected chi connectivity index (χ2v) is 7.75. The van der Waals surface area contributed by atoms with Crippen LogP contribution in [0.25, 0.3) is 6.08 Å². The first kappa shape index (κ1) is 25.0. The smallest absolute Gasteiger partial charge is 0.409 e. The van der Waals surface area contributed by atoms with Gasteiger partial charge in [-0.15, -0.1) is 0 Å². The van der Waals surface area contributed by atoms with Gasteiger partial charge in [0.25, 0.3) is 5.91 Å². The van der Waals surface area contributed by atoms with Gasteiger partial charge in [-0.2, -0.15) is 5.26 Å². The number of aryl methyl sites for hydroxylation is 1. The zero-order valence-corrected chi connectivity index (χ0v) is 19.3. The van der Waals surface area contributed by atoms with E-state index in [0.717, 1.165) is 29.9 Å². The fraction of sp³-hybridized carbons (Fsp3) is 0.565. The average molecular weight is 445 g/mol. The molecular formula is C23H32N4O5. The van der Waals surface area contributed by atoms with Crippen molar-refractivity contribution in [2.75, 3.05) is 26.3 Å². The molecule has 2 heterocycles. The van der Waals surface area contributed by atoms with Gasteiger partial charge in [-0.1, -0.05) is 6.92 Å². The summed E-state index contributed by atoms with van der Waals surface area (Å²) in [5.41, 5.74) is 2.64. The van der Waals surface area contributed by atoms with E-state index in [1.807, 2.05) is 26.0 Å². The van der Waals surface area contributed by atoms with Crippen molar-refractivity contribution in [1.82, 2.24) is 14.8 Å². The van der Waals surface area contributed by atoms with Crippen molar-refractivity contribution in [3.8, 4) is 6.07 Å². The van der Waals surface area contributed by atoms with Crippen LogP contribution in [0.5, 0.6) is 0 Å². The van der Waals surface area contributed by atoms with Crippen LogP contribution >= 0.6 is 0 Å². The van der Waals surface area contributed by atoms with E-state index in [1.165, 1.54) is 6.08 Å². The van der Waals surface area contributed by atoms with Crippen LogP contribution in [0.4, 0.5) is 4.79 Å². The Morgan fingerprint density at radius 3 is 2.50 bits per heavy atom. The Bertz CT molecular complexity index is 904. The highest BCUT2D eigenvalue weighted by molar-refractivity contribution is 5.99. The van der Waals surface area contributed by atoms with Gasteiger partial charge in [0.05, 0.1) is 6.61 Å². The minimum Gasteiger partial charge on any atom is -0.451 e. The Morgan fingerprint density at radius 2 is 1.91 bits per heavy atom. The molecule has 1 saturated heterocycles. The van der Waals surface area contributed by atoms with Crippen molar-refractivity contribution in [3.63, 3.8) is 0 Å². The number of carbonyl (C=O) groups excluding carboxylic acids is 3. The van der Waals surface area contributed by atoms with E-state index >= 15 is 0 Å². The van der Waals surface area contributed by atoms with Crippen LogP contribution in [0.15, 0.2) is 11.6 Å². The molecule has 1 N–H and O–H groups in total. The highest BCUT2D eigenvalue weighted by Crippen LogP contribution is 2.19. The number of aromatic nitrogens is 1. The largest absolute Gasteiger partial charge is 0.451 e. The summed E-state index contributed by atoms with van der Waals surface area (Å²) in [6, 6.07) is 3.68. The van der Waals surface area contributed by atoms with E-state index in [1.54, 1.807) is 11.8 Å². The number of ether oxygens (including phenoxy) is 2. The zero-order chi connectivity index (χ0) is 23.7. The normalized spacial score (nSPS) is 14.6. The van der Waals surface area contributed by atoms with E-state index in [9.17, 15) is 19.6 Å². The van der Waals surface area contributed by atoms with Crippen LogP contribution in [0.1, 0.15) is 50.1 Å². The first-order valence-electron chi connectivity index (χ1n) is 11.0. The average Bonchev–Trinajstić information content (AvgIpc) is 3.04. The molecule has 0 saturated carbocycles. The summed E-state index contributed by atoms with van der Waals surface area (Å²) in [7, 11) is 0. The quantitative estimate of drug-likeness (QED) is 0.375. The SMILES string of the molecule is CCCn1c(C)cc(/C=C(\C#N)C(=O)OCC(=O)NC2CCN(C(=O)OCC)CC2)c1C. The number of amides is 2. The van der Waals surface area contributed by atoms with Crippen LogP contribution in [0.3, 0.4) is 0 Å². The molecule has 2 amide bonds.